The van der Waals surface area contributed by atoms with Gasteiger partial charge in [0, 0.05) is 0 Å². The van der Waals surface area contributed by atoms with Crippen LogP contribution >= 0.6 is 0 Å². The van der Waals surface area contributed by atoms with E-state index >= 15 is 0 Å². The van der Waals surface area contributed by atoms with Crippen LogP contribution in [0, 0.1) is 0 Å². The highest BCUT2D eigenvalue weighted by Crippen LogP contribution is 2.39. The van der Waals surface area contributed by atoms with Gasteiger partial charge in [0.25, 0.3) is 0 Å². The normalized spacial score (nSPS) is 21.1. The van der Waals surface area contributed by atoms with Crippen LogP contribution < -0.4 is 0 Å². The third kappa shape index (κ3) is 6.42. The number of aliphatic hydroxyl groups excluding tert-OH is 2. The number of benzene rings is 3. The van der Waals surface area contributed by atoms with Crippen LogP contribution in [0.25, 0.3) is 0 Å². The molecule has 1 heterocycles. The maximum absolute atomic E-state index is 12.9. The summed E-state index contributed by atoms with van der Waals surface area (Å²) in [6, 6.07) is 4.46. The van der Waals surface area contributed by atoms with Crippen LogP contribution in [-0.4, -0.2) is 111 Å². The molecule has 0 radical (unpaired) electrons. The van der Waals surface area contributed by atoms with E-state index in [1.807, 2.05) is 0 Å². The number of hydrogen-bond acceptors (Lipinski definition) is 18. The number of aromatic hydroxyl groups is 9. The minimum Gasteiger partial charge on any atom is -0.504 e. The van der Waals surface area contributed by atoms with Crippen molar-refractivity contribution in [2.45, 2.75) is 30.7 Å². The van der Waals surface area contributed by atoms with Gasteiger partial charge >= 0.3 is 17.9 Å². The van der Waals surface area contributed by atoms with Gasteiger partial charge in [-0.1, -0.05) is 0 Å². The predicted molar refractivity (Wildman–Crippen MR) is 140 cm³/mol. The maximum Gasteiger partial charge on any atom is 0.344 e. The largest absolute Gasteiger partial charge is 0.504 e. The Morgan fingerprint density at radius 1 is 0.600 bits per heavy atom. The van der Waals surface area contributed by atoms with Crippen molar-refractivity contribution in [3.05, 3.63) is 53.1 Å². The SMILES string of the molecule is O=C(OCC1OC(OC(=O)c2ccc(O)c(O)c2O)C(OC(=O)c2cc(O)c(O)c(O)c2)C(O)C1O)c1cc(O)c(O)c(O)c1. The summed E-state index contributed by atoms with van der Waals surface area (Å²) in [7, 11) is 0. The smallest absolute Gasteiger partial charge is 0.344 e. The van der Waals surface area contributed by atoms with Crippen molar-refractivity contribution >= 4 is 17.9 Å². The first-order valence-corrected chi connectivity index (χ1v) is 12.4. The Hall–Kier alpha value is -5.85. The summed E-state index contributed by atoms with van der Waals surface area (Å²) in [5, 5.41) is 109. The summed E-state index contributed by atoms with van der Waals surface area (Å²) in [6.07, 6.45) is -10.2. The molecular weight excluding hydrogens is 612 g/mol. The number of rotatable bonds is 7. The Labute approximate surface area is 249 Å². The summed E-state index contributed by atoms with van der Waals surface area (Å²) < 4.78 is 20.7. The lowest BCUT2D eigenvalue weighted by molar-refractivity contribution is -0.284. The predicted octanol–water partition coefficient (Wildman–Crippen LogP) is -0.277. The van der Waals surface area contributed by atoms with Crippen molar-refractivity contribution in [1.29, 1.82) is 0 Å². The van der Waals surface area contributed by atoms with Crippen molar-refractivity contribution in [3.8, 4) is 51.7 Å². The Morgan fingerprint density at radius 2 is 1.11 bits per heavy atom. The molecule has 5 atom stereocenters. The second kappa shape index (κ2) is 12.4. The number of phenols is 9. The van der Waals surface area contributed by atoms with Crippen LogP contribution in [-0.2, 0) is 18.9 Å². The minimum atomic E-state index is -2.17. The standard InChI is InChI=1S/C27H24O18/c28-11-2-1-10(17(33)20(11)36)26(41)45-27-23(44-25(40)9-5-14(31)19(35)15(32)6-9)22(38)21(37)16(43-27)7-42-24(39)8-3-12(29)18(34)13(30)4-8/h1-6,16,21-23,27-38H,7H2. The van der Waals surface area contributed by atoms with Crippen molar-refractivity contribution in [2.24, 2.45) is 0 Å². The second-order valence-electron chi connectivity index (χ2n) is 9.45. The van der Waals surface area contributed by atoms with E-state index in [0.717, 1.165) is 24.3 Å². The third-order valence-corrected chi connectivity index (χ3v) is 6.45. The highest BCUT2D eigenvalue weighted by atomic mass is 16.7. The molecule has 0 saturated carbocycles. The number of aliphatic hydroxyl groups is 2. The van der Waals surface area contributed by atoms with Crippen LogP contribution in [0.4, 0.5) is 0 Å². The van der Waals surface area contributed by atoms with E-state index < -0.39 is 124 Å². The quantitative estimate of drug-likeness (QED) is 0.0902. The third-order valence-electron chi connectivity index (χ3n) is 6.45. The topological polar surface area (TPSA) is 311 Å². The molecule has 45 heavy (non-hydrogen) atoms. The Balaban J connectivity index is 1.60. The molecule has 18 nitrogen and oxygen atoms in total. The van der Waals surface area contributed by atoms with Crippen LogP contribution in [0.1, 0.15) is 31.1 Å². The van der Waals surface area contributed by atoms with Gasteiger partial charge in [0.05, 0.1) is 11.1 Å². The summed E-state index contributed by atoms with van der Waals surface area (Å²) in [5.41, 5.74) is -1.80. The maximum atomic E-state index is 12.9. The summed E-state index contributed by atoms with van der Waals surface area (Å²) in [6.45, 7) is -0.904. The van der Waals surface area contributed by atoms with Crippen LogP contribution in [0.3, 0.4) is 0 Å². The molecule has 0 bridgehead atoms. The minimum absolute atomic E-state index is 0.466. The highest BCUT2D eigenvalue weighted by molar-refractivity contribution is 5.94. The van der Waals surface area contributed by atoms with E-state index in [9.17, 15) is 70.6 Å². The zero-order valence-electron chi connectivity index (χ0n) is 22.3. The lowest BCUT2D eigenvalue weighted by atomic mass is 9.98. The molecule has 0 aliphatic carbocycles. The van der Waals surface area contributed by atoms with Crippen molar-refractivity contribution in [3.63, 3.8) is 0 Å². The molecule has 0 spiro atoms. The van der Waals surface area contributed by atoms with Crippen molar-refractivity contribution < 1.29 is 89.5 Å². The van der Waals surface area contributed by atoms with Gasteiger partial charge in [-0.15, -0.1) is 0 Å². The van der Waals surface area contributed by atoms with Gasteiger partial charge in [-0.3, -0.25) is 0 Å². The average molecular weight is 636 g/mol. The van der Waals surface area contributed by atoms with E-state index in [4.69, 9.17) is 18.9 Å². The van der Waals surface area contributed by atoms with E-state index in [1.165, 1.54) is 0 Å². The number of carbonyl (C=O) groups excluding carboxylic acids is 3. The number of esters is 3. The van der Waals surface area contributed by atoms with Crippen LogP contribution in [0.15, 0.2) is 36.4 Å². The van der Waals surface area contributed by atoms with E-state index in [1.54, 1.807) is 0 Å². The molecule has 1 fully saturated rings. The summed E-state index contributed by atoms with van der Waals surface area (Å²) >= 11 is 0. The molecule has 0 aromatic heterocycles. The Bertz CT molecular complexity index is 1600. The van der Waals surface area contributed by atoms with Gasteiger partial charge in [0.15, 0.2) is 52.1 Å². The van der Waals surface area contributed by atoms with Gasteiger partial charge in [-0.25, -0.2) is 14.4 Å². The fourth-order valence-electron chi connectivity index (χ4n) is 4.04. The fourth-order valence-corrected chi connectivity index (χ4v) is 4.04. The molecule has 18 heteroatoms. The molecule has 240 valence electrons. The molecule has 1 aliphatic heterocycles. The second-order valence-corrected chi connectivity index (χ2v) is 9.45. The zero-order chi connectivity index (χ0) is 33.3. The average Bonchev–Trinajstić information content (AvgIpc) is 2.99. The first-order valence-electron chi connectivity index (χ1n) is 12.4. The number of carbonyl (C=O) groups is 3. The lowest BCUT2D eigenvalue weighted by Gasteiger charge is -2.41. The molecule has 0 amide bonds. The Morgan fingerprint density at radius 3 is 1.64 bits per heavy atom. The molecule has 3 aromatic carbocycles. The zero-order valence-corrected chi connectivity index (χ0v) is 22.3. The van der Waals surface area contributed by atoms with Gasteiger partial charge in [-0.2, -0.15) is 0 Å². The summed E-state index contributed by atoms with van der Waals surface area (Å²) in [5.74, 6) is -12.7. The number of phenolic OH excluding ortho intramolecular Hbond substituents is 9. The fraction of sp³-hybridized carbons (Fsp3) is 0.222. The number of hydrogen-bond donors (Lipinski definition) is 11. The van der Waals surface area contributed by atoms with Gasteiger partial charge < -0.3 is 75.1 Å². The van der Waals surface area contributed by atoms with Gasteiger partial charge in [-0.05, 0) is 36.4 Å². The van der Waals surface area contributed by atoms with Crippen molar-refractivity contribution in [1.82, 2.24) is 0 Å². The van der Waals surface area contributed by atoms with E-state index in [2.05, 4.69) is 0 Å². The monoisotopic (exact) mass is 636 g/mol. The lowest BCUT2D eigenvalue weighted by Crippen LogP contribution is -2.61. The van der Waals surface area contributed by atoms with E-state index in [-0.39, 0.29) is 0 Å². The molecule has 4 rings (SSSR count). The van der Waals surface area contributed by atoms with E-state index in [0.29, 0.717) is 12.1 Å². The van der Waals surface area contributed by atoms with Crippen LogP contribution in [0.5, 0.6) is 51.7 Å². The van der Waals surface area contributed by atoms with Gasteiger partial charge in [0.2, 0.25) is 12.0 Å². The first-order chi connectivity index (χ1) is 21.1. The molecule has 1 aliphatic rings. The molecule has 1 saturated heterocycles. The summed E-state index contributed by atoms with van der Waals surface area (Å²) in [4.78, 5) is 38.2. The highest BCUT2D eigenvalue weighted by Gasteiger charge is 2.49. The van der Waals surface area contributed by atoms with Crippen LogP contribution in [0.2, 0.25) is 0 Å². The van der Waals surface area contributed by atoms with Crippen molar-refractivity contribution in [2.75, 3.05) is 6.61 Å². The molecule has 3 aromatic rings. The first kappa shape index (κ1) is 32.1. The molecule has 11 N–H and O–H groups in total. The molecular formula is C27H24O18. The van der Waals surface area contributed by atoms with Gasteiger partial charge in [0.1, 0.15) is 30.5 Å². The Kier molecular flexibility index (Phi) is 8.84. The number of ether oxygens (including phenoxy) is 4. The molecule has 5 unspecified atom stereocenters.